The highest BCUT2D eigenvalue weighted by Crippen LogP contribution is 2.31. The van der Waals surface area contributed by atoms with Crippen molar-refractivity contribution in [2.75, 3.05) is 0 Å². The Morgan fingerprint density at radius 3 is 2.29 bits per heavy atom. The minimum absolute atomic E-state index is 0.0416. The first-order chi connectivity index (χ1) is 9.82. The van der Waals surface area contributed by atoms with Gasteiger partial charge in [0.15, 0.2) is 5.78 Å². The van der Waals surface area contributed by atoms with E-state index < -0.39 is 20.9 Å². The summed E-state index contributed by atoms with van der Waals surface area (Å²) < 4.78 is 22.9. The molecule has 0 aliphatic carbocycles. The van der Waals surface area contributed by atoms with Crippen LogP contribution in [-0.4, -0.2) is 19.3 Å². The molecular formula is C14H10BrClO4S. The van der Waals surface area contributed by atoms with E-state index in [9.17, 15) is 18.3 Å². The highest BCUT2D eigenvalue weighted by molar-refractivity contribution is 9.10. The van der Waals surface area contributed by atoms with Gasteiger partial charge in [-0.05, 0) is 27.6 Å². The molecule has 0 radical (unpaired) electrons. The van der Waals surface area contributed by atoms with Crippen LogP contribution < -0.4 is 0 Å². The van der Waals surface area contributed by atoms with Gasteiger partial charge in [0.2, 0.25) is 0 Å². The van der Waals surface area contributed by atoms with Crippen LogP contribution in [0.4, 0.5) is 0 Å². The van der Waals surface area contributed by atoms with E-state index in [4.69, 9.17) is 10.7 Å². The predicted molar refractivity (Wildman–Crippen MR) is 82.9 cm³/mol. The average molecular weight is 390 g/mol. The first-order valence-electron chi connectivity index (χ1n) is 5.83. The standard InChI is InChI=1S/C14H10BrClO4S/c15-12-10(7-4-8-11(12)21(16,19)20)14(18)13(17)9-5-2-1-3-6-9/h1-8,13,17H. The summed E-state index contributed by atoms with van der Waals surface area (Å²) in [5, 5.41) is 10.1. The van der Waals surface area contributed by atoms with Gasteiger partial charge in [-0.25, -0.2) is 8.42 Å². The minimum Gasteiger partial charge on any atom is -0.380 e. The number of Topliss-reactive ketones (excluding diaryl/α,β-unsaturated/α-hetero) is 1. The Morgan fingerprint density at radius 2 is 1.71 bits per heavy atom. The van der Waals surface area contributed by atoms with Gasteiger partial charge in [-0.2, -0.15) is 0 Å². The number of rotatable bonds is 4. The van der Waals surface area contributed by atoms with Crippen molar-refractivity contribution in [2.24, 2.45) is 0 Å². The van der Waals surface area contributed by atoms with E-state index in [1.165, 1.54) is 18.2 Å². The van der Waals surface area contributed by atoms with Gasteiger partial charge in [-0.1, -0.05) is 42.5 Å². The van der Waals surface area contributed by atoms with Crippen LogP contribution in [0.25, 0.3) is 0 Å². The van der Waals surface area contributed by atoms with E-state index in [1.807, 2.05) is 0 Å². The molecule has 4 nitrogen and oxygen atoms in total. The second-order valence-electron chi connectivity index (χ2n) is 4.23. The van der Waals surface area contributed by atoms with E-state index in [0.29, 0.717) is 5.56 Å². The lowest BCUT2D eigenvalue weighted by Gasteiger charge is -2.12. The SMILES string of the molecule is O=C(c1cccc(S(=O)(=O)Cl)c1Br)C(O)c1ccccc1. The zero-order valence-corrected chi connectivity index (χ0v) is 13.7. The number of carbonyl (C=O) groups excluding carboxylic acids is 1. The molecule has 7 heteroatoms. The first-order valence-corrected chi connectivity index (χ1v) is 8.93. The van der Waals surface area contributed by atoms with Crippen molar-refractivity contribution >= 4 is 41.4 Å². The van der Waals surface area contributed by atoms with Crippen molar-refractivity contribution in [3.63, 3.8) is 0 Å². The lowest BCUT2D eigenvalue weighted by atomic mass is 10.0. The molecule has 0 saturated heterocycles. The maximum absolute atomic E-state index is 12.3. The third-order valence-corrected chi connectivity index (χ3v) is 5.34. The number of benzene rings is 2. The summed E-state index contributed by atoms with van der Waals surface area (Å²) in [6, 6.07) is 12.5. The molecular weight excluding hydrogens is 380 g/mol. The van der Waals surface area contributed by atoms with Gasteiger partial charge < -0.3 is 5.11 Å². The lowest BCUT2D eigenvalue weighted by molar-refractivity contribution is 0.0746. The van der Waals surface area contributed by atoms with E-state index >= 15 is 0 Å². The number of aliphatic hydroxyl groups excluding tert-OH is 1. The Hall–Kier alpha value is -1.21. The van der Waals surface area contributed by atoms with Crippen molar-refractivity contribution in [1.29, 1.82) is 0 Å². The van der Waals surface area contributed by atoms with Crippen LogP contribution in [-0.2, 0) is 9.05 Å². The van der Waals surface area contributed by atoms with Crippen molar-refractivity contribution in [2.45, 2.75) is 11.0 Å². The molecule has 0 amide bonds. The highest BCUT2D eigenvalue weighted by Gasteiger charge is 2.25. The smallest absolute Gasteiger partial charge is 0.262 e. The van der Waals surface area contributed by atoms with Crippen molar-refractivity contribution in [3.8, 4) is 0 Å². The van der Waals surface area contributed by atoms with Gasteiger partial charge in [0.25, 0.3) is 9.05 Å². The number of ketones is 1. The lowest BCUT2D eigenvalue weighted by Crippen LogP contribution is -2.13. The van der Waals surface area contributed by atoms with Crippen molar-refractivity contribution in [3.05, 3.63) is 64.1 Å². The van der Waals surface area contributed by atoms with Crippen LogP contribution in [0, 0.1) is 0 Å². The van der Waals surface area contributed by atoms with Gasteiger partial charge in [0.05, 0.1) is 4.90 Å². The molecule has 1 atom stereocenters. The Balaban J connectivity index is 2.46. The van der Waals surface area contributed by atoms with Gasteiger partial charge in [0.1, 0.15) is 6.10 Å². The van der Waals surface area contributed by atoms with Gasteiger partial charge in [0, 0.05) is 20.7 Å². The fraction of sp³-hybridized carbons (Fsp3) is 0.0714. The molecule has 1 N–H and O–H groups in total. The van der Waals surface area contributed by atoms with Crippen LogP contribution in [0.2, 0.25) is 0 Å². The normalized spacial score (nSPS) is 12.9. The molecule has 21 heavy (non-hydrogen) atoms. The molecule has 0 spiro atoms. The van der Waals surface area contributed by atoms with E-state index in [2.05, 4.69) is 15.9 Å². The molecule has 2 rings (SSSR count). The molecule has 0 aromatic heterocycles. The Kier molecular flexibility index (Phi) is 4.83. The fourth-order valence-corrected chi connectivity index (χ4v) is 4.15. The summed E-state index contributed by atoms with van der Waals surface area (Å²) in [4.78, 5) is 12.1. The Morgan fingerprint density at radius 1 is 1.10 bits per heavy atom. The van der Waals surface area contributed by atoms with Crippen LogP contribution in [0.3, 0.4) is 0 Å². The highest BCUT2D eigenvalue weighted by atomic mass is 79.9. The van der Waals surface area contributed by atoms with Crippen molar-refractivity contribution < 1.29 is 18.3 Å². The molecule has 0 saturated carbocycles. The van der Waals surface area contributed by atoms with Crippen LogP contribution in [0.1, 0.15) is 22.0 Å². The summed E-state index contributed by atoms with van der Waals surface area (Å²) in [5.41, 5.74) is 0.474. The van der Waals surface area contributed by atoms with Gasteiger partial charge >= 0.3 is 0 Å². The summed E-state index contributed by atoms with van der Waals surface area (Å²) in [6.07, 6.45) is -1.38. The number of aliphatic hydroxyl groups is 1. The van der Waals surface area contributed by atoms with Gasteiger partial charge in [-0.15, -0.1) is 0 Å². The minimum atomic E-state index is -3.99. The Labute approximate surface area is 134 Å². The van der Waals surface area contributed by atoms with Crippen LogP contribution in [0.5, 0.6) is 0 Å². The molecule has 0 fully saturated rings. The molecule has 1 unspecified atom stereocenters. The molecule has 0 aliphatic heterocycles. The summed E-state index contributed by atoms with van der Waals surface area (Å²) >= 11 is 3.06. The summed E-state index contributed by atoms with van der Waals surface area (Å²) in [5.74, 6) is -0.616. The fourth-order valence-electron chi connectivity index (χ4n) is 1.82. The summed E-state index contributed by atoms with van der Waals surface area (Å²) in [6.45, 7) is 0. The maximum atomic E-state index is 12.3. The third-order valence-electron chi connectivity index (χ3n) is 2.86. The first kappa shape index (κ1) is 16.2. The van der Waals surface area contributed by atoms with Crippen LogP contribution in [0.15, 0.2) is 57.9 Å². The second-order valence-corrected chi connectivity index (χ2v) is 7.56. The molecule has 0 aliphatic rings. The molecule has 0 bridgehead atoms. The zero-order chi connectivity index (χ0) is 15.6. The summed E-state index contributed by atoms with van der Waals surface area (Å²) in [7, 11) is 1.32. The maximum Gasteiger partial charge on any atom is 0.262 e. The van der Waals surface area contributed by atoms with E-state index in [1.54, 1.807) is 30.3 Å². The Bertz CT molecular complexity index is 775. The molecule has 110 valence electrons. The molecule has 2 aromatic carbocycles. The number of hydrogen-bond acceptors (Lipinski definition) is 4. The quantitative estimate of drug-likeness (QED) is 0.643. The molecule has 0 heterocycles. The molecule has 2 aromatic rings. The average Bonchev–Trinajstić information content (AvgIpc) is 2.45. The van der Waals surface area contributed by atoms with Crippen molar-refractivity contribution in [1.82, 2.24) is 0 Å². The second kappa shape index (κ2) is 6.27. The number of halogens is 2. The topological polar surface area (TPSA) is 71.4 Å². The largest absolute Gasteiger partial charge is 0.380 e. The third kappa shape index (κ3) is 3.52. The number of hydrogen-bond donors (Lipinski definition) is 1. The zero-order valence-electron chi connectivity index (χ0n) is 10.5. The van der Waals surface area contributed by atoms with E-state index in [0.717, 1.165) is 0 Å². The predicted octanol–water partition coefficient (Wildman–Crippen LogP) is 3.29. The van der Waals surface area contributed by atoms with Gasteiger partial charge in [-0.3, -0.25) is 4.79 Å². The number of carbonyl (C=O) groups is 1. The van der Waals surface area contributed by atoms with E-state index in [-0.39, 0.29) is 14.9 Å². The van der Waals surface area contributed by atoms with Crippen LogP contribution >= 0.6 is 26.6 Å². The monoisotopic (exact) mass is 388 g/mol.